The Morgan fingerprint density at radius 3 is 2.39 bits per heavy atom. The van der Waals surface area contributed by atoms with E-state index in [0.29, 0.717) is 0 Å². The smallest absolute Gasteiger partial charge is 0.124 e. The van der Waals surface area contributed by atoms with Crippen LogP contribution in [-0.4, -0.2) is 42.8 Å². The number of nitrogens with zero attached hydrogens (tertiary/aromatic N) is 3. The molecule has 1 aliphatic rings. The lowest BCUT2D eigenvalue weighted by atomic mass is 10.1. The van der Waals surface area contributed by atoms with E-state index in [0.717, 1.165) is 25.2 Å². The summed E-state index contributed by atoms with van der Waals surface area (Å²) in [6, 6.07) is 12.7. The van der Waals surface area contributed by atoms with Gasteiger partial charge in [-0.1, -0.05) is 36.2 Å². The van der Waals surface area contributed by atoms with Gasteiger partial charge in [-0.15, -0.1) is 0 Å². The lowest BCUT2D eigenvalue weighted by molar-refractivity contribution is 0.252. The first-order valence-electron chi connectivity index (χ1n) is 8.83. The number of para-hydroxylation sites is 1. The molecule has 0 saturated carbocycles. The largest absolute Gasteiger partial charge is 0.369 e. The third kappa shape index (κ3) is 5.10. The van der Waals surface area contributed by atoms with Crippen molar-refractivity contribution in [2.24, 2.45) is 0 Å². The van der Waals surface area contributed by atoms with Crippen LogP contribution in [0.15, 0.2) is 47.2 Å². The average molecular weight is 313 g/mol. The Bertz CT molecular complexity index is 533. The van der Waals surface area contributed by atoms with Gasteiger partial charge in [-0.2, -0.15) is 0 Å². The van der Waals surface area contributed by atoms with Crippen LogP contribution in [0.3, 0.4) is 0 Å². The summed E-state index contributed by atoms with van der Waals surface area (Å²) >= 11 is 0. The van der Waals surface area contributed by atoms with Crippen LogP contribution in [0.5, 0.6) is 0 Å². The van der Waals surface area contributed by atoms with Crippen LogP contribution in [0, 0.1) is 0 Å². The Morgan fingerprint density at radius 1 is 0.870 bits per heavy atom. The summed E-state index contributed by atoms with van der Waals surface area (Å²) in [7, 11) is 0. The molecule has 1 aliphatic heterocycles. The number of hydrogen-bond donors (Lipinski definition) is 0. The number of aryl methyl sites for hydroxylation is 1. The van der Waals surface area contributed by atoms with E-state index in [4.69, 9.17) is 4.52 Å². The predicted octanol–water partition coefficient (Wildman–Crippen LogP) is 3.60. The number of benzene rings is 1. The average Bonchev–Trinajstić information content (AvgIpc) is 3.13. The molecular formula is C19H27N3O. The quantitative estimate of drug-likeness (QED) is 0.697. The van der Waals surface area contributed by atoms with E-state index in [9.17, 15) is 0 Å². The van der Waals surface area contributed by atoms with Crippen molar-refractivity contribution in [2.45, 2.75) is 32.1 Å². The van der Waals surface area contributed by atoms with E-state index in [2.05, 4.69) is 45.3 Å². The minimum Gasteiger partial charge on any atom is -0.369 e. The first-order chi connectivity index (χ1) is 11.4. The van der Waals surface area contributed by atoms with E-state index in [-0.39, 0.29) is 0 Å². The second kappa shape index (κ2) is 8.73. The molecule has 0 aliphatic carbocycles. The molecular weight excluding hydrogens is 286 g/mol. The Labute approximate surface area is 139 Å². The summed E-state index contributed by atoms with van der Waals surface area (Å²) in [5.74, 6) is 0. The number of anilines is 1. The SMILES string of the molecule is c1ccc(N2CCN(CCCCCCc3ccon3)CC2)cc1. The number of unbranched alkanes of at least 4 members (excludes halogenated alkanes) is 3. The maximum atomic E-state index is 4.85. The van der Waals surface area contributed by atoms with Gasteiger partial charge >= 0.3 is 0 Å². The number of aromatic nitrogens is 1. The second-order valence-electron chi connectivity index (χ2n) is 6.32. The fourth-order valence-electron chi connectivity index (χ4n) is 3.23. The number of hydrogen-bond acceptors (Lipinski definition) is 4. The van der Waals surface area contributed by atoms with Crippen LogP contribution < -0.4 is 4.90 Å². The van der Waals surface area contributed by atoms with E-state index < -0.39 is 0 Å². The topological polar surface area (TPSA) is 32.5 Å². The zero-order valence-electron chi connectivity index (χ0n) is 13.9. The lowest BCUT2D eigenvalue weighted by Crippen LogP contribution is -2.46. The molecule has 124 valence electrons. The number of piperazine rings is 1. The van der Waals surface area contributed by atoms with Gasteiger partial charge < -0.3 is 9.42 Å². The Kier molecular flexibility index (Phi) is 6.09. The molecule has 1 aromatic carbocycles. The van der Waals surface area contributed by atoms with E-state index in [1.807, 2.05) is 6.07 Å². The van der Waals surface area contributed by atoms with Crippen molar-refractivity contribution in [3.05, 3.63) is 48.4 Å². The molecule has 23 heavy (non-hydrogen) atoms. The molecule has 4 nitrogen and oxygen atoms in total. The van der Waals surface area contributed by atoms with Crippen LogP contribution in [0.2, 0.25) is 0 Å². The maximum Gasteiger partial charge on any atom is 0.124 e. The molecule has 0 radical (unpaired) electrons. The third-order valence-electron chi connectivity index (χ3n) is 4.64. The summed E-state index contributed by atoms with van der Waals surface area (Å²) in [5.41, 5.74) is 2.45. The van der Waals surface area contributed by atoms with Crippen molar-refractivity contribution in [1.82, 2.24) is 10.1 Å². The molecule has 3 rings (SSSR count). The van der Waals surface area contributed by atoms with Gasteiger partial charge in [-0.3, -0.25) is 4.90 Å². The predicted molar refractivity (Wildman–Crippen MR) is 93.8 cm³/mol. The molecule has 0 unspecified atom stereocenters. The molecule has 0 bridgehead atoms. The Morgan fingerprint density at radius 2 is 1.65 bits per heavy atom. The summed E-state index contributed by atoms with van der Waals surface area (Å²) < 4.78 is 4.85. The highest BCUT2D eigenvalue weighted by Gasteiger charge is 2.16. The molecule has 2 aromatic rings. The summed E-state index contributed by atoms with van der Waals surface area (Å²) in [4.78, 5) is 5.10. The second-order valence-corrected chi connectivity index (χ2v) is 6.32. The zero-order chi connectivity index (χ0) is 15.7. The Hall–Kier alpha value is -1.81. The van der Waals surface area contributed by atoms with E-state index in [1.54, 1.807) is 6.26 Å². The summed E-state index contributed by atoms with van der Waals surface area (Å²) in [6.07, 6.45) is 7.84. The summed E-state index contributed by atoms with van der Waals surface area (Å²) in [5, 5.41) is 3.95. The van der Waals surface area contributed by atoms with Gasteiger partial charge in [0.2, 0.25) is 0 Å². The molecule has 1 aromatic heterocycles. The molecule has 0 spiro atoms. The lowest BCUT2D eigenvalue weighted by Gasteiger charge is -2.36. The van der Waals surface area contributed by atoms with Crippen molar-refractivity contribution in [3.8, 4) is 0 Å². The molecule has 0 atom stereocenters. The van der Waals surface area contributed by atoms with Gasteiger partial charge in [0.05, 0.1) is 5.69 Å². The maximum absolute atomic E-state index is 4.85. The molecule has 2 heterocycles. The normalized spacial score (nSPS) is 15.9. The van der Waals surface area contributed by atoms with Crippen LogP contribution in [0.25, 0.3) is 0 Å². The number of rotatable bonds is 8. The van der Waals surface area contributed by atoms with Gasteiger partial charge in [0.1, 0.15) is 6.26 Å². The minimum atomic E-state index is 1.05. The first-order valence-corrected chi connectivity index (χ1v) is 8.83. The monoisotopic (exact) mass is 313 g/mol. The minimum absolute atomic E-state index is 1.05. The Balaban J connectivity index is 1.25. The van der Waals surface area contributed by atoms with Gasteiger partial charge in [0, 0.05) is 37.9 Å². The molecule has 1 saturated heterocycles. The molecule has 4 heteroatoms. The van der Waals surface area contributed by atoms with Gasteiger partial charge in [0.15, 0.2) is 0 Å². The van der Waals surface area contributed by atoms with Crippen molar-refractivity contribution in [3.63, 3.8) is 0 Å². The third-order valence-corrected chi connectivity index (χ3v) is 4.64. The van der Waals surface area contributed by atoms with E-state index >= 15 is 0 Å². The fraction of sp³-hybridized carbons (Fsp3) is 0.526. The standard InChI is InChI=1S/C19H27N3O/c1(4-8-18-11-17-23-20-18)2-7-12-21-13-15-22(16-14-21)19-9-5-3-6-10-19/h3,5-6,9-11,17H,1-2,4,7-8,12-16H2. The summed E-state index contributed by atoms with van der Waals surface area (Å²) in [6.45, 7) is 5.92. The first kappa shape index (κ1) is 16.1. The molecule has 1 fully saturated rings. The highest BCUT2D eigenvalue weighted by molar-refractivity contribution is 5.46. The molecule has 0 amide bonds. The van der Waals surface area contributed by atoms with Crippen molar-refractivity contribution in [1.29, 1.82) is 0 Å². The highest BCUT2D eigenvalue weighted by Crippen LogP contribution is 2.16. The van der Waals surface area contributed by atoms with Gasteiger partial charge in [0.25, 0.3) is 0 Å². The highest BCUT2D eigenvalue weighted by atomic mass is 16.5. The molecule has 0 N–H and O–H groups in total. The van der Waals surface area contributed by atoms with Gasteiger partial charge in [-0.05, 0) is 37.9 Å². The van der Waals surface area contributed by atoms with Crippen LogP contribution in [0.1, 0.15) is 31.4 Å². The van der Waals surface area contributed by atoms with Crippen molar-refractivity contribution >= 4 is 5.69 Å². The fourth-order valence-corrected chi connectivity index (χ4v) is 3.23. The van der Waals surface area contributed by atoms with Crippen LogP contribution in [0.4, 0.5) is 5.69 Å². The van der Waals surface area contributed by atoms with Crippen molar-refractivity contribution in [2.75, 3.05) is 37.6 Å². The zero-order valence-corrected chi connectivity index (χ0v) is 13.9. The van der Waals surface area contributed by atoms with Gasteiger partial charge in [-0.25, -0.2) is 0 Å². The van der Waals surface area contributed by atoms with Crippen LogP contribution in [-0.2, 0) is 6.42 Å². The van der Waals surface area contributed by atoms with Crippen molar-refractivity contribution < 1.29 is 4.52 Å². The van der Waals surface area contributed by atoms with Crippen LogP contribution >= 0.6 is 0 Å². The van der Waals surface area contributed by atoms with E-state index in [1.165, 1.54) is 51.0 Å².